The highest BCUT2D eigenvalue weighted by Gasteiger charge is 2.19. The van der Waals surface area contributed by atoms with Crippen LogP contribution in [-0.2, 0) is 28.6 Å². The minimum atomic E-state index is -0.832. The highest BCUT2D eigenvalue weighted by atomic mass is 16.6. The van der Waals surface area contributed by atoms with Gasteiger partial charge < -0.3 is 14.2 Å². The second kappa shape index (κ2) is 66.5. The lowest BCUT2D eigenvalue weighted by atomic mass is 10.1. The Morgan fingerprint density at radius 2 is 0.537 bits per heavy atom. The summed E-state index contributed by atoms with van der Waals surface area (Å²) in [6, 6.07) is 0. The maximum absolute atomic E-state index is 12.9. The standard InChI is InChI=1S/C74H118O6/c1-4-7-10-13-16-19-22-25-28-30-31-32-33-34-35-36-37-38-39-40-41-42-43-44-47-49-52-55-58-61-64-67-73(76)79-70-71(69-78-72(75)66-63-60-57-54-51-48-45-27-24-21-18-15-12-9-6-3)80-74(77)68-65-62-59-56-53-50-46-29-26-23-20-17-14-11-8-5-2/h7,9-10,12,16,18-19,21,25,27-29,31-32,34-35,37-38,40-41,45-46,51,54,60,63,71H,4-6,8,11,13-15,17,20,22-24,26,30,33,36,39,42-44,47-50,52-53,55-59,61-62,64-70H2,1-3H3/b10-7-,12-9-,19-16-,21-18-,28-25-,32-31-,35-34-,38-37-,41-40-,45-27-,46-29-,54-51-,63-60-. The van der Waals surface area contributed by atoms with E-state index >= 15 is 0 Å². The van der Waals surface area contributed by atoms with Crippen molar-refractivity contribution in [2.24, 2.45) is 0 Å². The van der Waals surface area contributed by atoms with Crippen molar-refractivity contribution < 1.29 is 28.6 Å². The Morgan fingerprint density at radius 3 is 0.887 bits per heavy atom. The summed E-state index contributed by atoms with van der Waals surface area (Å²) in [5.41, 5.74) is 0. The van der Waals surface area contributed by atoms with Crippen LogP contribution in [0.3, 0.4) is 0 Å². The molecule has 0 N–H and O–H groups in total. The molecule has 0 aromatic heterocycles. The van der Waals surface area contributed by atoms with Gasteiger partial charge in [0.05, 0.1) is 6.42 Å². The average Bonchev–Trinajstić information content (AvgIpc) is 3.46. The largest absolute Gasteiger partial charge is 0.462 e. The van der Waals surface area contributed by atoms with Crippen LogP contribution in [0.25, 0.3) is 0 Å². The average molecular weight is 1100 g/mol. The van der Waals surface area contributed by atoms with Gasteiger partial charge in [0, 0.05) is 12.8 Å². The Morgan fingerprint density at radius 1 is 0.275 bits per heavy atom. The van der Waals surface area contributed by atoms with Crippen LogP contribution in [0.15, 0.2) is 158 Å². The molecule has 6 nitrogen and oxygen atoms in total. The lowest BCUT2D eigenvalue weighted by Gasteiger charge is -2.18. The normalized spacial score (nSPS) is 13.2. The number of carbonyl (C=O) groups excluding carboxylic acids is 3. The number of hydrogen-bond donors (Lipinski definition) is 0. The fraction of sp³-hybridized carbons (Fsp3) is 0.608. The third-order valence-electron chi connectivity index (χ3n) is 13.3. The summed E-state index contributed by atoms with van der Waals surface area (Å²) in [7, 11) is 0. The molecule has 1 unspecified atom stereocenters. The molecule has 0 fully saturated rings. The van der Waals surface area contributed by atoms with E-state index in [1.165, 1.54) is 96.3 Å². The molecule has 6 heteroatoms. The zero-order valence-corrected chi connectivity index (χ0v) is 51.5. The minimum Gasteiger partial charge on any atom is -0.462 e. The van der Waals surface area contributed by atoms with Crippen molar-refractivity contribution in [1.82, 2.24) is 0 Å². The van der Waals surface area contributed by atoms with Gasteiger partial charge in [0.1, 0.15) is 13.2 Å². The van der Waals surface area contributed by atoms with E-state index in [0.29, 0.717) is 12.8 Å². The van der Waals surface area contributed by atoms with E-state index < -0.39 is 12.1 Å². The van der Waals surface area contributed by atoms with Crippen LogP contribution in [0.1, 0.15) is 271 Å². The lowest BCUT2D eigenvalue weighted by molar-refractivity contribution is -0.166. The molecular weight excluding hydrogens is 985 g/mol. The van der Waals surface area contributed by atoms with Crippen molar-refractivity contribution in [3.8, 4) is 0 Å². The molecule has 0 rings (SSSR count). The summed E-state index contributed by atoms with van der Waals surface area (Å²) in [6.07, 6.45) is 97.1. The van der Waals surface area contributed by atoms with Crippen molar-refractivity contribution in [3.63, 3.8) is 0 Å². The third-order valence-corrected chi connectivity index (χ3v) is 13.3. The molecule has 0 aliphatic rings. The van der Waals surface area contributed by atoms with Crippen molar-refractivity contribution in [3.05, 3.63) is 158 Å². The van der Waals surface area contributed by atoms with E-state index in [4.69, 9.17) is 14.2 Å². The van der Waals surface area contributed by atoms with Gasteiger partial charge in [-0.1, -0.05) is 281 Å². The Bertz CT molecular complexity index is 1790. The second-order valence-electron chi connectivity index (χ2n) is 20.9. The summed E-state index contributed by atoms with van der Waals surface area (Å²) >= 11 is 0. The fourth-order valence-electron chi connectivity index (χ4n) is 8.49. The van der Waals surface area contributed by atoms with Crippen LogP contribution in [0.4, 0.5) is 0 Å². The number of esters is 3. The molecule has 0 aliphatic carbocycles. The van der Waals surface area contributed by atoms with Crippen LogP contribution in [0.2, 0.25) is 0 Å². The predicted octanol–water partition coefficient (Wildman–Crippen LogP) is 22.5. The Kier molecular flexibility index (Phi) is 62.4. The van der Waals surface area contributed by atoms with Gasteiger partial charge in [0.25, 0.3) is 0 Å². The van der Waals surface area contributed by atoms with Gasteiger partial charge >= 0.3 is 17.9 Å². The molecule has 0 bridgehead atoms. The third kappa shape index (κ3) is 63.9. The molecule has 0 aromatic rings. The monoisotopic (exact) mass is 1100 g/mol. The van der Waals surface area contributed by atoms with E-state index in [0.717, 1.165) is 135 Å². The molecule has 0 saturated heterocycles. The van der Waals surface area contributed by atoms with Crippen LogP contribution >= 0.6 is 0 Å². The topological polar surface area (TPSA) is 78.9 Å². The van der Waals surface area contributed by atoms with E-state index in [1.807, 2.05) is 6.08 Å². The van der Waals surface area contributed by atoms with Crippen molar-refractivity contribution in [2.75, 3.05) is 13.2 Å². The molecule has 0 heterocycles. The minimum absolute atomic E-state index is 0.118. The van der Waals surface area contributed by atoms with Crippen molar-refractivity contribution in [2.45, 2.75) is 277 Å². The summed E-state index contributed by atoms with van der Waals surface area (Å²) in [5, 5.41) is 0. The number of unbranched alkanes of at least 4 members (excludes halogenated alkanes) is 21. The molecule has 0 saturated carbocycles. The Labute approximate surface area is 492 Å². The van der Waals surface area contributed by atoms with Crippen LogP contribution in [0.5, 0.6) is 0 Å². The number of rotatable bonds is 57. The zero-order valence-electron chi connectivity index (χ0n) is 51.5. The SMILES string of the molecule is CC/C=C\C/C=C\C/C=C\C/C=C\C/C=C\C/C=C\C/C=C\CCCCCCCCCCCC(=O)OCC(COC(=O)C/C=C\C/C=C\C/C=C\C/C=C\C/C=C\CC)OC(=O)CCCCCCC/C=C\CCCCCCCCC. The van der Waals surface area contributed by atoms with E-state index in [1.54, 1.807) is 6.08 Å². The van der Waals surface area contributed by atoms with Crippen LogP contribution in [-0.4, -0.2) is 37.2 Å². The van der Waals surface area contributed by atoms with Gasteiger partial charge in [0.15, 0.2) is 6.10 Å². The number of ether oxygens (including phenoxy) is 3. The van der Waals surface area contributed by atoms with E-state index in [2.05, 4.69) is 167 Å². The predicted molar refractivity (Wildman–Crippen MR) is 348 cm³/mol. The van der Waals surface area contributed by atoms with Gasteiger partial charge in [0.2, 0.25) is 0 Å². The quantitative estimate of drug-likeness (QED) is 0.0261. The summed E-state index contributed by atoms with van der Waals surface area (Å²) in [4.78, 5) is 38.2. The van der Waals surface area contributed by atoms with Gasteiger partial charge in [-0.2, -0.15) is 0 Å². The van der Waals surface area contributed by atoms with Gasteiger partial charge in [-0.15, -0.1) is 0 Å². The Hall–Kier alpha value is -4.97. The van der Waals surface area contributed by atoms with Crippen molar-refractivity contribution in [1.29, 1.82) is 0 Å². The van der Waals surface area contributed by atoms with Gasteiger partial charge in [-0.3, -0.25) is 14.4 Å². The van der Waals surface area contributed by atoms with Crippen LogP contribution < -0.4 is 0 Å². The number of carbonyl (C=O) groups is 3. The Balaban J connectivity index is 4.39. The molecule has 80 heavy (non-hydrogen) atoms. The molecule has 0 aromatic carbocycles. The summed E-state index contributed by atoms with van der Waals surface area (Å²) < 4.78 is 16.8. The lowest BCUT2D eigenvalue weighted by Crippen LogP contribution is -2.30. The zero-order chi connectivity index (χ0) is 57.8. The maximum Gasteiger partial charge on any atom is 0.309 e. The first-order valence-electron chi connectivity index (χ1n) is 32.5. The van der Waals surface area contributed by atoms with Crippen LogP contribution in [0, 0.1) is 0 Å². The first-order valence-corrected chi connectivity index (χ1v) is 32.5. The molecular formula is C74H118O6. The van der Waals surface area contributed by atoms with Gasteiger partial charge in [-0.25, -0.2) is 0 Å². The first-order chi connectivity index (χ1) is 39.5. The highest BCUT2D eigenvalue weighted by Crippen LogP contribution is 2.15. The molecule has 1 atom stereocenters. The highest BCUT2D eigenvalue weighted by molar-refractivity contribution is 5.72. The molecule has 0 amide bonds. The number of allylic oxidation sites excluding steroid dienone is 25. The van der Waals surface area contributed by atoms with Crippen molar-refractivity contribution >= 4 is 17.9 Å². The van der Waals surface area contributed by atoms with Gasteiger partial charge in [-0.05, 0) is 128 Å². The molecule has 0 spiro atoms. The molecule has 450 valence electrons. The summed E-state index contributed by atoms with van der Waals surface area (Å²) in [6.45, 7) is 6.31. The molecule has 0 aliphatic heterocycles. The first kappa shape index (κ1) is 75.0. The smallest absolute Gasteiger partial charge is 0.309 e. The summed E-state index contributed by atoms with van der Waals surface area (Å²) in [5.74, 6) is -1.07. The molecule has 0 radical (unpaired) electrons. The number of hydrogen-bond acceptors (Lipinski definition) is 6. The van der Waals surface area contributed by atoms with E-state index in [9.17, 15) is 14.4 Å². The maximum atomic E-state index is 12.9. The second-order valence-corrected chi connectivity index (χ2v) is 20.9. The fourth-order valence-corrected chi connectivity index (χ4v) is 8.49. The van der Waals surface area contributed by atoms with E-state index in [-0.39, 0.29) is 31.6 Å².